The van der Waals surface area contributed by atoms with Gasteiger partial charge in [0.05, 0.1) is 16.4 Å². The number of nitrogens with zero attached hydrogens (tertiary/aromatic N) is 2. The van der Waals surface area contributed by atoms with Gasteiger partial charge in [0, 0.05) is 33.5 Å². The number of anilines is 3. The maximum atomic E-state index is 2.48. The minimum absolute atomic E-state index is 0.414. The van der Waals surface area contributed by atoms with Crippen molar-refractivity contribution in [2.24, 2.45) is 0 Å². The standard InChI is InChI=1S/C61H44N2/c1-5-17-43(18-6-1)44-29-34-50(35-30-44)62(51-36-31-45(32-37-51)46-33-40-60-56(41-46)55-26-14-16-28-59(55)63(60)49-23-11-4-12-24-49)52-38-39-54-53-25-13-15-27-57(53)61(58(54)42-52,47-19-7-2-8-20-47)48-21-9-3-10-22-48/h1-9,11-21,23-42H,10,22H2. The molecule has 63 heavy (non-hydrogen) atoms. The van der Waals surface area contributed by atoms with E-state index in [-0.39, 0.29) is 0 Å². The van der Waals surface area contributed by atoms with Gasteiger partial charge in [0.1, 0.15) is 0 Å². The van der Waals surface area contributed by atoms with Crippen LogP contribution in [0.15, 0.2) is 248 Å². The average Bonchev–Trinajstić information content (AvgIpc) is 3.86. The molecule has 0 amide bonds. The molecule has 1 aromatic heterocycles. The summed E-state index contributed by atoms with van der Waals surface area (Å²) in [4.78, 5) is 2.43. The van der Waals surface area contributed by atoms with Gasteiger partial charge in [0.25, 0.3) is 0 Å². The summed E-state index contributed by atoms with van der Waals surface area (Å²) in [6.07, 6.45) is 8.98. The summed E-state index contributed by atoms with van der Waals surface area (Å²) in [5.41, 5.74) is 19.3. The van der Waals surface area contributed by atoms with E-state index in [0.717, 1.165) is 29.9 Å². The third kappa shape index (κ3) is 6.02. The summed E-state index contributed by atoms with van der Waals surface area (Å²) in [7, 11) is 0. The van der Waals surface area contributed by atoms with Crippen LogP contribution in [-0.2, 0) is 5.41 Å². The monoisotopic (exact) mass is 804 g/mol. The normalized spacial score (nSPS) is 15.3. The van der Waals surface area contributed by atoms with Crippen molar-refractivity contribution in [2.45, 2.75) is 18.3 Å². The number of hydrogen-bond donors (Lipinski definition) is 0. The van der Waals surface area contributed by atoms with Crippen LogP contribution in [0.5, 0.6) is 0 Å². The second-order valence-electron chi connectivity index (χ2n) is 16.8. The van der Waals surface area contributed by atoms with Gasteiger partial charge in [-0.15, -0.1) is 0 Å². The summed E-state index contributed by atoms with van der Waals surface area (Å²) in [6, 6.07) is 82.6. The lowest BCUT2D eigenvalue weighted by Gasteiger charge is -2.37. The van der Waals surface area contributed by atoms with Crippen LogP contribution in [0.4, 0.5) is 17.1 Å². The van der Waals surface area contributed by atoms with Gasteiger partial charge >= 0.3 is 0 Å². The molecule has 298 valence electrons. The Morgan fingerprint density at radius 2 is 0.984 bits per heavy atom. The number of hydrogen-bond acceptors (Lipinski definition) is 1. The zero-order chi connectivity index (χ0) is 41.7. The zero-order valence-electron chi connectivity index (χ0n) is 34.9. The molecule has 0 fully saturated rings. The Morgan fingerprint density at radius 3 is 1.71 bits per heavy atom. The summed E-state index contributed by atoms with van der Waals surface area (Å²) < 4.78 is 2.38. The highest BCUT2D eigenvalue weighted by atomic mass is 15.1. The Hall–Kier alpha value is -7.94. The molecule has 0 radical (unpaired) electrons. The molecule has 2 aliphatic carbocycles. The van der Waals surface area contributed by atoms with Crippen molar-refractivity contribution in [3.63, 3.8) is 0 Å². The van der Waals surface area contributed by atoms with Crippen LogP contribution in [0.25, 0.3) is 60.9 Å². The fourth-order valence-corrected chi connectivity index (χ4v) is 10.5. The Bertz CT molecular complexity index is 3360. The molecule has 1 heterocycles. The van der Waals surface area contributed by atoms with Crippen LogP contribution in [0.3, 0.4) is 0 Å². The lowest BCUT2D eigenvalue weighted by molar-refractivity contribution is 0.693. The largest absolute Gasteiger partial charge is 0.310 e. The van der Waals surface area contributed by atoms with E-state index in [4.69, 9.17) is 0 Å². The van der Waals surface area contributed by atoms with Crippen LogP contribution in [0, 0.1) is 0 Å². The van der Waals surface area contributed by atoms with Crippen LogP contribution < -0.4 is 4.90 Å². The van der Waals surface area contributed by atoms with Crippen LogP contribution in [0.2, 0.25) is 0 Å². The van der Waals surface area contributed by atoms with Crippen molar-refractivity contribution >= 4 is 38.9 Å². The molecule has 12 rings (SSSR count). The first-order valence-corrected chi connectivity index (χ1v) is 22.1. The van der Waals surface area contributed by atoms with Crippen LogP contribution in [-0.4, -0.2) is 4.57 Å². The fourth-order valence-electron chi connectivity index (χ4n) is 10.5. The van der Waals surface area contributed by atoms with Crippen LogP contribution >= 0.6 is 0 Å². The maximum Gasteiger partial charge on any atom is 0.0677 e. The summed E-state index contributed by atoms with van der Waals surface area (Å²) in [5, 5.41) is 2.51. The molecule has 1 unspecified atom stereocenters. The van der Waals surface area contributed by atoms with Crippen molar-refractivity contribution < 1.29 is 0 Å². The molecular formula is C61H44N2. The molecule has 0 saturated heterocycles. The molecule has 0 saturated carbocycles. The van der Waals surface area contributed by atoms with Crippen molar-refractivity contribution in [2.75, 3.05) is 4.90 Å². The van der Waals surface area contributed by atoms with Gasteiger partial charge in [-0.3, -0.25) is 0 Å². The second kappa shape index (κ2) is 15.2. The lowest BCUT2D eigenvalue weighted by Crippen LogP contribution is -2.30. The molecule has 0 N–H and O–H groups in total. The third-order valence-corrected chi connectivity index (χ3v) is 13.4. The number of para-hydroxylation sites is 2. The minimum atomic E-state index is -0.414. The third-order valence-electron chi connectivity index (χ3n) is 13.4. The van der Waals surface area contributed by atoms with Gasteiger partial charge in [-0.25, -0.2) is 0 Å². The summed E-state index contributed by atoms with van der Waals surface area (Å²) in [5.74, 6) is 0. The van der Waals surface area contributed by atoms with Crippen LogP contribution in [0.1, 0.15) is 29.5 Å². The van der Waals surface area contributed by atoms with Gasteiger partial charge < -0.3 is 9.47 Å². The van der Waals surface area contributed by atoms with E-state index >= 15 is 0 Å². The highest BCUT2D eigenvalue weighted by Crippen LogP contribution is 2.58. The number of allylic oxidation sites excluding steroid dienone is 4. The molecular weight excluding hydrogens is 761 g/mol. The van der Waals surface area contributed by atoms with Crippen molar-refractivity contribution in [1.29, 1.82) is 0 Å². The molecule has 9 aromatic carbocycles. The Kier molecular flexibility index (Phi) is 8.90. The van der Waals surface area contributed by atoms with Gasteiger partial charge in [-0.2, -0.15) is 0 Å². The first kappa shape index (κ1) is 36.9. The van der Waals surface area contributed by atoms with E-state index in [1.165, 1.54) is 83.1 Å². The van der Waals surface area contributed by atoms with Gasteiger partial charge in [0.15, 0.2) is 0 Å². The molecule has 2 heteroatoms. The Balaban J connectivity index is 1.01. The number of aromatic nitrogens is 1. The zero-order valence-corrected chi connectivity index (χ0v) is 34.9. The SMILES string of the molecule is C1=CCCC(C2(c3ccccc3)c3ccccc3-c3ccc(N(c4ccc(-c5ccccc5)cc4)c4ccc(-c5ccc6c(c5)c5ccccc5n6-c5ccccc5)cc4)cc32)=C1. The predicted molar refractivity (Wildman–Crippen MR) is 265 cm³/mol. The molecule has 0 bridgehead atoms. The molecule has 2 aliphatic rings. The second-order valence-corrected chi connectivity index (χ2v) is 16.8. The van der Waals surface area contributed by atoms with E-state index < -0.39 is 5.41 Å². The number of benzene rings is 9. The number of rotatable bonds is 8. The van der Waals surface area contributed by atoms with Crippen molar-refractivity contribution in [3.05, 3.63) is 265 Å². The molecule has 2 nitrogen and oxygen atoms in total. The first-order chi connectivity index (χ1) is 31.3. The van der Waals surface area contributed by atoms with Crippen molar-refractivity contribution in [1.82, 2.24) is 4.57 Å². The van der Waals surface area contributed by atoms with E-state index in [1.807, 2.05) is 0 Å². The molecule has 1 atom stereocenters. The molecule has 0 aliphatic heterocycles. The maximum absolute atomic E-state index is 2.48. The van der Waals surface area contributed by atoms with Gasteiger partial charge in [-0.05, 0) is 130 Å². The lowest BCUT2D eigenvalue weighted by atomic mass is 9.65. The van der Waals surface area contributed by atoms with E-state index in [1.54, 1.807) is 0 Å². The van der Waals surface area contributed by atoms with E-state index in [0.29, 0.717) is 0 Å². The topological polar surface area (TPSA) is 8.17 Å². The Labute approximate surface area is 369 Å². The molecule has 10 aromatic rings. The summed E-state index contributed by atoms with van der Waals surface area (Å²) >= 11 is 0. The average molecular weight is 805 g/mol. The van der Waals surface area contributed by atoms with Gasteiger partial charge in [-0.1, -0.05) is 182 Å². The Morgan fingerprint density at radius 1 is 0.413 bits per heavy atom. The fraction of sp³-hybridized carbons (Fsp3) is 0.0492. The quantitative estimate of drug-likeness (QED) is 0.149. The first-order valence-electron chi connectivity index (χ1n) is 22.1. The van der Waals surface area contributed by atoms with Crippen molar-refractivity contribution in [3.8, 4) is 39.1 Å². The predicted octanol–water partition coefficient (Wildman–Crippen LogP) is 16.2. The highest BCUT2D eigenvalue weighted by Gasteiger charge is 2.47. The number of fused-ring (bicyclic) bond motifs is 6. The highest BCUT2D eigenvalue weighted by molar-refractivity contribution is 6.10. The molecule has 0 spiro atoms. The van der Waals surface area contributed by atoms with Gasteiger partial charge in [0.2, 0.25) is 0 Å². The minimum Gasteiger partial charge on any atom is -0.310 e. The van der Waals surface area contributed by atoms with E-state index in [9.17, 15) is 0 Å². The smallest absolute Gasteiger partial charge is 0.0677 e. The van der Waals surface area contributed by atoms with E-state index in [2.05, 4.69) is 252 Å². The summed E-state index contributed by atoms with van der Waals surface area (Å²) in [6.45, 7) is 0.